The van der Waals surface area contributed by atoms with Crippen molar-refractivity contribution in [3.8, 4) is 6.07 Å². The van der Waals surface area contributed by atoms with Gasteiger partial charge in [-0.25, -0.2) is 0 Å². The molecule has 0 radical (unpaired) electrons. The molecule has 3 rings (SSSR count). The normalized spacial score (nSPS) is 16.2. The van der Waals surface area contributed by atoms with Crippen molar-refractivity contribution in [2.24, 2.45) is 0 Å². The zero-order valence-electron chi connectivity index (χ0n) is 16.3. The van der Waals surface area contributed by atoms with Crippen molar-refractivity contribution in [1.82, 2.24) is 5.32 Å². The average Bonchev–Trinajstić information content (AvgIpc) is 2.72. The summed E-state index contributed by atoms with van der Waals surface area (Å²) in [4.78, 5) is 25.0. The van der Waals surface area contributed by atoms with E-state index in [1.807, 2.05) is 12.1 Å². The smallest absolute Gasteiger partial charge is 0.173 e. The highest BCUT2D eigenvalue weighted by Gasteiger charge is 2.34. The van der Waals surface area contributed by atoms with E-state index in [2.05, 4.69) is 11.4 Å². The first kappa shape index (κ1) is 22.2. The topological polar surface area (TPSA) is 70.0 Å². The maximum atomic E-state index is 12.6. The second-order valence-corrected chi connectivity index (χ2v) is 8.58. The van der Waals surface area contributed by atoms with Crippen LogP contribution < -0.4 is 5.32 Å². The van der Waals surface area contributed by atoms with Gasteiger partial charge in [-0.2, -0.15) is 5.26 Å². The summed E-state index contributed by atoms with van der Waals surface area (Å²) in [5, 5.41) is 14.7. The molecule has 1 N–H and O–H groups in total. The Kier molecular flexibility index (Phi) is 7.04. The Balaban J connectivity index is 1.97. The van der Waals surface area contributed by atoms with E-state index < -0.39 is 5.92 Å². The van der Waals surface area contributed by atoms with Crippen LogP contribution in [0.1, 0.15) is 35.7 Å². The number of rotatable bonds is 6. The van der Waals surface area contributed by atoms with Crippen molar-refractivity contribution in [1.29, 1.82) is 5.26 Å². The molecule has 0 fully saturated rings. The van der Waals surface area contributed by atoms with Gasteiger partial charge in [-0.3, -0.25) is 9.59 Å². The van der Waals surface area contributed by atoms with Gasteiger partial charge in [0.05, 0.1) is 28.3 Å². The monoisotopic (exact) mass is 456 g/mol. The minimum Gasteiger partial charge on any atom is -0.353 e. The molecule has 4 nitrogen and oxygen atoms in total. The van der Waals surface area contributed by atoms with E-state index in [0.29, 0.717) is 43.0 Å². The predicted molar refractivity (Wildman–Crippen MR) is 122 cm³/mol. The van der Waals surface area contributed by atoms with Gasteiger partial charge in [-0.1, -0.05) is 53.2 Å². The van der Waals surface area contributed by atoms with Gasteiger partial charge in [0, 0.05) is 26.9 Å². The lowest BCUT2D eigenvalue weighted by molar-refractivity contribution is -0.113. The number of Topliss-reactive ketones (excluding diaryl/α,β-unsaturated/α-hetero) is 2. The Labute approximate surface area is 189 Å². The van der Waals surface area contributed by atoms with Crippen LogP contribution in [0.2, 0.25) is 10.0 Å². The number of carbonyl (C=O) groups excluding carboxylic acids is 2. The number of halogens is 2. The maximum Gasteiger partial charge on any atom is 0.173 e. The third-order valence-electron chi connectivity index (χ3n) is 4.76. The van der Waals surface area contributed by atoms with Crippen LogP contribution >= 0.6 is 35.0 Å². The van der Waals surface area contributed by atoms with Gasteiger partial charge >= 0.3 is 0 Å². The molecule has 0 saturated carbocycles. The number of hydrogen-bond acceptors (Lipinski definition) is 5. The van der Waals surface area contributed by atoms with Crippen LogP contribution in [0.15, 0.2) is 70.4 Å². The largest absolute Gasteiger partial charge is 0.353 e. The standard InChI is InChI=1S/C23H18Cl2N2O2S/c1-13-21(14(2)28)22(17-5-3-4-6-19(17)25)18(11-26)23(27-13)30-12-20(29)15-7-9-16(24)10-8-15/h3-10,22,27H,12H2,1-2H3/t22-/m0/s1. The summed E-state index contributed by atoms with van der Waals surface area (Å²) in [5.41, 5.74) is 2.73. The highest BCUT2D eigenvalue weighted by molar-refractivity contribution is 8.03. The van der Waals surface area contributed by atoms with Crippen LogP contribution in [-0.4, -0.2) is 17.3 Å². The van der Waals surface area contributed by atoms with Gasteiger partial charge in [-0.15, -0.1) is 0 Å². The van der Waals surface area contributed by atoms with E-state index in [9.17, 15) is 14.9 Å². The second-order valence-electron chi connectivity index (χ2n) is 6.75. The maximum absolute atomic E-state index is 12.6. The summed E-state index contributed by atoms with van der Waals surface area (Å²) in [7, 11) is 0. The van der Waals surface area contributed by atoms with Crippen molar-refractivity contribution in [3.05, 3.63) is 91.6 Å². The molecule has 0 spiro atoms. The van der Waals surface area contributed by atoms with Crippen molar-refractivity contribution in [2.75, 3.05) is 5.75 Å². The first-order valence-electron chi connectivity index (χ1n) is 9.12. The lowest BCUT2D eigenvalue weighted by Crippen LogP contribution is -2.27. The number of nitrogens with one attached hydrogen (secondary N) is 1. The molecule has 1 aliphatic heterocycles. The molecule has 2 aromatic rings. The molecule has 0 saturated heterocycles. The third-order valence-corrected chi connectivity index (χ3v) is 6.37. The number of benzene rings is 2. The van der Waals surface area contributed by atoms with Crippen LogP contribution in [0.25, 0.3) is 0 Å². The number of nitriles is 1. The third kappa shape index (κ3) is 4.62. The van der Waals surface area contributed by atoms with E-state index in [-0.39, 0.29) is 17.3 Å². The summed E-state index contributed by atoms with van der Waals surface area (Å²) in [6.07, 6.45) is 0. The Hall–Kier alpha value is -2.52. The Bertz CT molecular complexity index is 1110. The number of thioether (sulfide) groups is 1. The molecule has 0 unspecified atom stereocenters. The van der Waals surface area contributed by atoms with Crippen molar-refractivity contribution in [2.45, 2.75) is 19.8 Å². The number of allylic oxidation sites excluding steroid dienone is 3. The minimum atomic E-state index is -0.587. The van der Waals surface area contributed by atoms with Crippen LogP contribution in [-0.2, 0) is 4.79 Å². The number of hydrogen-bond donors (Lipinski definition) is 1. The molecule has 1 atom stereocenters. The second kappa shape index (κ2) is 9.53. The average molecular weight is 457 g/mol. The fourth-order valence-electron chi connectivity index (χ4n) is 3.37. The fraction of sp³-hybridized carbons (Fsp3) is 0.174. The summed E-state index contributed by atoms with van der Waals surface area (Å²) in [5.74, 6) is -0.682. The molecule has 152 valence electrons. The van der Waals surface area contributed by atoms with E-state index in [1.54, 1.807) is 43.3 Å². The molecule has 7 heteroatoms. The van der Waals surface area contributed by atoms with Crippen LogP contribution in [0.5, 0.6) is 0 Å². The zero-order chi connectivity index (χ0) is 21.8. The summed E-state index contributed by atoms with van der Waals surface area (Å²) in [6, 6.07) is 16.1. The summed E-state index contributed by atoms with van der Waals surface area (Å²) < 4.78 is 0. The molecular formula is C23H18Cl2N2O2S. The lowest BCUT2D eigenvalue weighted by atomic mass is 9.81. The van der Waals surface area contributed by atoms with E-state index in [0.717, 1.165) is 0 Å². The first-order chi connectivity index (χ1) is 14.3. The quantitative estimate of drug-likeness (QED) is 0.548. The SMILES string of the molecule is CC(=O)C1=C(C)NC(SCC(=O)c2ccc(Cl)cc2)=C(C#N)[C@@H]1c1ccccc1Cl. The molecule has 30 heavy (non-hydrogen) atoms. The van der Waals surface area contributed by atoms with Gasteiger partial charge in [-0.05, 0) is 49.7 Å². The van der Waals surface area contributed by atoms with Crippen LogP contribution in [0.3, 0.4) is 0 Å². The molecule has 0 bridgehead atoms. The first-order valence-corrected chi connectivity index (χ1v) is 10.9. The Morgan fingerprint density at radius 2 is 1.80 bits per heavy atom. The molecule has 0 aliphatic carbocycles. The predicted octanol–water partition coefficient (Wildman–Crippen LogP) is 5.89. The van der Waals surface area contributed by atoms with Crippen LogP contribution in [0.4, 0.5) is 0 Å². The van der Waals surface area contributed by atoms with Gasteiger partial charge in [0.25, 0.3) is 0 Å². The Morgan fingerprint density at radius 3 is 2.40 bits per heavy atom. The van der Waals surface area contributed by atoms with Crippen molar-refractivity contribution >= 4 is 46.5 Å². The van der Waals surface area contributed by atoms with Gasteiger partial charge in [0.2, 0.25) is 0 Å². The number of carbonyl (C=O) groups is 2. The van der Waals surface area contributed by atoms with Gasteiger partial charge in [0.15, 0.2) is 11.6 Å². The zero-order valence-corrected chi connectivity index (χ0v) is 18.7. The Morgan fingerprint density at radius 1 is 1.13 bits per heavy atom. The molecule has 2 aromatic carbocycles. The molecule has 0 amide bonds. The highest BCUT2D eigenvalue weighted by Crippen LogP contribution is 2.43. The van der Waals surface area contributed by atoms with Crippen molar-refractivity contribution < 1.29 is 9.59 Å². The van der Waals surface area contributed by atoms with Crippen LogP contribution in [0, 0.1) is 11.3 Å². The number of nitrogens with zero attached hydrogens (tertiary/aromatic N) is 1. The molecular weight excluding hydrogens is 439 g/mol. The molecule has 1 aliphatic rings. The number of dihydropyridines is 1. The summed E-state index contributed by atoms with van der Waals surface area (Å²) in [6.45, 7) is 3.26. The summed E-state index contributed by atoms with van der Waals surface area (Å²) >= 11 is 13.5. The number of ketones is 2. The van der Waals surface area contributed by atoms with Gasteiger partial charge in [0.1, 0.15) is 0 Å². The van der Waals surface area contributed by atoms with E-state index in [1.165, 1.54) is 18.7 Å². The molecule has 1 heterocycles. The minimum absolute atomic E-state index is 0.0865. The van der Waals surface area contributed by atoms with Gasteiger partial charge < -0.3 is 5.32 Å². The molecule has 0 aromatic heterocycles. The van der Waals surface area contributed by atoms with Crippen molar-refractivity contribution in [3.63, 3.8) is 0 Å². The van der Waals surface area contributed by atoms with E-state index in [4.69, 9.17) is 23.2 Å². The van der Waals surface area contributed by atoms with E-state index >= 15 is 0 Å². The fourth-order valence-corrected chi connectivity index (χ4v) is 4.73. The highest BCUT2D eigenvalue weighted by atomic mass is 35.5. The lowest BCUT2D eigenvalue weighted by Gasteiger charge is -2.29.